The van der Waals surface area contributed by atoms with Gasteiger partial charge in [-0.1, -0.05) is 37.3 Å². The van der Waals surface area contributed by atoms with E-state index in [9.17, 15) is 9.59 Å². The van der Waals surface area contributed by atoms with Crippen LogP contribution < -0.4 is 16.6 Å². The molecular formula is C16H20ClN3O2. The van der Waals surface area contributed by atoms with Gasteiger partial charge in [0.2, 0.25) is 0 Å². The van der Waals surface area contributed by atoms with E-state index >= 15 is 0 Å². The number of pyridine rings is 1. The summed E-state index contributed by atoms with van der Waals surface area (Å²) in [6.45, 7) is 2.88. The molecule has 2 aromatic rings. The Morgan fingerprint density at radius 2 is 1.91 bits per heavy atom. The van der Waals surface area contributed by atoms with E-state index in [1.807, 2.05) is 37.3 Å². The van der Waals surface area contributed by atoms with Crippen LogP contribution in [0.25, 0.3) is 11.3 Å². The first-order chi connectivity index (χ1) is 10.1. The molecule has 1 heterocycles. The quantitative estimate of drug-likeness (QED) is 0.784. The molecule has 0 bridgehead atoms. The van der Waals surface area contributed by atoms with Gasteiger partial charge in [0.25, 0.3) is 11.5 Å². The molecule has 1 unspecified atom stereocenters. The maximum atomic E-state index is 12.0. The van der Waals surface area contributed by atoms with Gasteiger partial charge in [0.15, 0.2) is 0 Å². The second-order valence-corrected chi connectivity index (χ2v) is 5.03. The van der Waals surface area contributed by atoms with Gasteiger partial charge in [-0.05, 0) is 30.2 Å². The molecular weight excluding hydrogens is 302 g/mol. The SMILES string of the molecule is CC(CN)CNC(=O)c1ccc(-c2ccccc2)[nH]c1=O.Cl. The van der Waals surface area contributed by atoms with E-state index in [1.54, 1.807) is 12.1 Å². The van der Waals surface area contributed by atoms with Crippen LogP contribution in [0.3, 0.4) is 0 Å². The maximum absolute atomic E-state index is 12.0. The van der Waals surface area contributed by atoms with Crippen molar-refractivity contribution in [3.05, 3.63) is 58.4 Å². The van der Waals surface area contributed by atoms with Crippen LogP contribution in [0.4, 0.5) is 0 Å². The first-order valence-corrected chi connectivity index (χ1v) is 6.89. The summed E-state index contributed by atoms with van der Waals surface area (Å²) >= 11 is 0. The zero-order chi connectivity index (χ0) is 15.2. The highest BCUT2D eigenvalue weighted by molar-refractivity contribution is 5.94. The minimum Gasteiger partial charge on any atom is -0.352 e. The lowest BCUT2D eigenvalue weighted by Gasteiger charge is -2.10. The maximum Gasteiger partial charge on any atom is 0.261 e. The summed E-state index contributed by atoms with van der Waals surface area (Å²) < 4.78 is 0. The molecule has 0 aliphatic heterocycles. The zero-order valence-corrected chi connectivity index (χ0v) is 13.2. The average Bonchev–Trinajstić information content (AvgIpc) is 2.53. The van der Waals surface area contributed by atoms with Crippen molar-refractivity contribution in [2.75, 3.05) is 13.1 Å². The Morgan fingerprint density at radius 1 is 1.23 bits per heavy atom. The van der Waals surface area contributed by atoms with E-state index in [4.69, 9.17) is 5.73 Å². The number of nitrogens with one attached hydrogen (secondary N) is 2. The molecule has 6 heteroatoms. The third-order valence-electron chi connectivity index (χ3n) is 3.25. The van der Waals surface area contributed by atoms with E-state index in [2.05, 4.69) is 10.3 Å². The predicted molar refractivity (Wildman–Crippen MR) is 90.3 cm³/mol. The minimum absolute atomic E-state index is 0. The molecule has 0 radical (unpaired) electrons. The molecule has 0 fully saturated rings. The molecule has 118 valence electrons. The third-order valence-corrected chi connectivity index (χ3v) is 3.25. The van der Waals surface area contributed by atoms with E-state index in [0.717, 1.165) is 5.56 Å². The van der Waals surface area contributed by atoms with Crippen LogP contribution in [0.1, 0.15) is 17.3 Å². The Morgan fingerprint density at radius 3 is 2.50 bits per heavy atom. The van der Waals surface area contributed by atoms with Gasteiger partial charge in [-0.2, -0.15) is 0 Å². The molecule has 0 aliphatic carbocycles. The van der Waals surface area contributed by atoms with Gasteiger partial charge in [0.1, 0.15) is 5.56 Å². The lowest BCUT2D eigenvalue weighted by atomic mass is 10.1. The highest BCUT2D eigenvalue weighted by Gasteiger charge is 2.12. The van der Waals surface area contributed by atoms with E-state index in [-0.39, 0.29) is 29.8 Å². The second kappa shape index (κ2) is 8.36. The molecule has 5 nitrogen and oxygen atoms in total. The van der Waals surface area contributed by atoms with Crippen LogP contribution in [0.5, 0.6) is 0 Å². The van der Waals surface area contributed by atoms with Gasteiger partial charge in [-0.3, -0.25) is 9.59 Å². The number of rotatable bonds is 5. The van der Waals surface area contributed by atoms with E-state index in [1.165, 1.54) is 0 Å². The molecule has 4 N–H and O–H groups in total. The Balaban J connectivity index is 0.00000242. The number of nitrogens with two attached hydrogens (primary N) is 1. The lowest BCUT2D eigenvalue weighted by molar-refractivity contribution is 0.0947. The number of aromatic amines is 1. The van der Waals surface area contributed by atoms with Gasteiger partial charge in [0, 0.05) is 12.2 Å². The molecule has 0 aliphatic rings. The molecule has 2 rings (SSSR count). The monoisotopic (exact) mass is 321 g/mol. The number of halogens is 1. The number of carbonyl (C=O) groups is 1. The molecule has 1 amide bonds. The van der Waals surface area contributed by atoms with Crippen molar-refractivity contribution < 1.29 is 4.79 Å². The molecule has 0 saturated heterocycles. The molecule has 22 heavy (non-hydrogen) atoms. The number of carbonyl (C=O) groups excluding carboxylic acids is 1. The summed E-state index contributed by atoms with van der Waals surface area (Å²) in [6, 6.07) is 12.8. The number of hydrogen-bond acceptors (Lipinski definition) is 3. The van der Waals surface area contributed by atoms with Crippen LogP contribution in [-0.2, 0) is 0 Å². The summed E-state index contributed by atoms with van der Waals surface area (Å²) in [6.07, 6.45) is 0. The molecule has 1 aromatic carbocycles. The number of amides is 1. The Bertz CT molecular complexity index is 671. The standard InChI is InChI=1S/C16H19N3O2.ClH/c1-11(9-17)10-18-15(20)13-7-8-14(19-16(13)21)12-5-3-2-4-6-12;/h2-8,11H,9-10,17H2,1H3,(H,18,20)(H,19,21);1H. The van der Waals surface area contributed by atoms with Gasteiger partial charge in [-0.15, -0.1) is 12.4 Å². The Labute approximate surface area is 135 Å². The number of aromatic nitrogens is 1. The summed E-state index contributed by atoms with van der Waals surface area (Å²) in [4.78, 5) is 26.7. The zero-order valence-electron chi connectivity index (χ0n) is 12.3. The highest BCUT2D eigenvalue weighted by atomic mass is 35.5. The summed E-state index contributed by atoms with van der Waals surface area (Å²) in [5.74, 6) is -0.201. The molecule has 1 aromatic heterocycles. The van der Waals surface area contributed by atoms with E-state index in [0.29, 0.717) is 18.8 Å². The van der Waals surface area contributed by atoms with Crippen molar-refractivity contribution in [3.63, 3.8) is 0 Å². The topological polar surface area (TPSA) is 88.0 Å². The van der Waals surface area contributed by atoms with Crippen molar-refractivity contribution in [2.24, 2.45) is 11.7 Å². The summed E-state index contributed by atoms with van der Waals surface area (Å²) in [7, 11) is 0. The fraction of sp³-hybridized carbons (Fsp3) is 0.250. The first kappa shape index (κ1) is 17.9. The van der Waals surface area contributed by atoms with Crippen LogP contribution >= 0.6 is 12.4 Å². The Kier molecular flexibility index (Phi) is 6.82. The lowest BCUT2D eigenvalue weighted by Crippen LogP contribution is -2.34. The fourth-order valence-corrected chi connectivity index (χ4v) is 1.88. The van der Waals surface area contributed by atoms with Crippen LogP contribution in [-0.4, -0.2) is 24.0 Å². The molecule has 0 spiro atoms. The average molecular weight is 322 g/mol. The minimum atomic E-state index is -0.394. The number of H-pyrrole nitrogens is 1. The van der Waals surface area contributed by atoms with Crippen LogP contribution in [0, 0.1) is 5.92 Å². The van der Waals surface area contributed by atoms with Gasteiger partial charge >= 0.3 is 0 Å². The Hall–Kier alpha value is -2.11. The van der Waals surface area contributed by atoms with E-state index < -0.39 is 5.56 Å². The first-order valence-electron chi connectivity index (χ1n) is 6.89. The summed E-state index contributed by atoms with van der Waals surface area (Å²) in [5.41, 5.74) is 6.80. The van der Waals surface area contributed by atoms with Crippen molar-refractivity contribution in [1.82, 2.24) is 10.3 Å². The van der Waals surface area contributed by atoms with Crippen molar-refractivity contribution >= 4 is 18.3 Å². The smallest absolute Gasteiger partial charge is 0.261 e. The van der Waals surface area contributed by atoms with Gasteiger partial charge < -0.3 is 16.0 Å². The molecule has 0 saturated carbocycles. The number of benzene rings is 1. The summed E-state index contributed by atoms with van der Waals surface area (Å²) in [5, 5.41) is 2.71. The van der Waals surface area contributed by atoms with Crippen LogP contribution in [0.2, 0.25) is 0 Å². The van der Waals surface area contributed by atoms with Gasteiger partial charge in [0.05, 0.1) is 0 Å². The van der Waals surface area contributed by atoms with Crippen LogP contribution in [0.15, 0.2) is 47.3 Å². The fourth-order valence-electron chi connectivity index (χ4n) is 1.88. The highest BCUT2D eigenvalue weighted by Crippen LogP contribution is 2.14. The molecule has 1 atom stereocenters. The van der Waals surface area contributed by atoms with Crippen molar-refractivity contribution in [1.29, 1.82) is 0 Å². The largest absolute Gasteiger partial charge is 0.352 e. The third kappa shape index (κ3) is 4.44. The normalized spacial score (nSPS) is 11.4. The number of hydrogen-bond donors (Lipinski definition) is 3. The predicted octanol–water partition coefficient (Wildman–Crippen LogP) is 1.79. The second-order valence-electron chi connectivity index (χ2n) is 5.03. The van der Waals surface area contributed by atoms with Crippen molar-refractivity contribution in [2.45, 2.75) is 6.92 Å². The van der Waals surface area contributed by atoms with Crippen molar-refractivity contribution in [3.8, 4) is 11.3 Å². The van der Waals surface area contributed by atoms with Gasteiger partial charge in [-0.25, -0.2) is 0 Å².